The summed E-state index contributed by atoms with van der Waals surface area (Å²) in [6, 6.07) is 0. The van der Waals surface area contributed by atoms with Crippen LogP contribution in [0.4, 0.5) is 4.79 Å². The zero-order valence-corrected chi connectivity index (χ0v) is 13.8. The molecule has 1 saturated heterocycles. The molecule has 122 valence electrons. The summed E-state index contributed by atoms with van der Waals surface area (Å²) in [4.78, 5) is 13.8. The molecule has 1 aliphatic heterocycles. The first-order valence-corrected chi connectivity index (χ1v) is 8.51. The first-order chi connectivity index (χ1) is 9.85. The quantitative estimate of drug-likeness (QED) is 0.866. The Kier molecular flexibility index (Phi) is 5.53. The Morgan fingerprint density at radius 1 is 1.19 bits per heavy atom. The highest BCUT2D eigenvalue weighted by atomic mass is 16.6. The van der Waals surface area contributed by atoms with Crippen LogP contribution >= 0.6 is 0 Å². The van der Waals surface area contributed by atoms with E-state index in [1.54, 1.807) is 0 Å². The molecule has 0 aromatic rings. The number of likely N-dealkylation sites (tertiary alicyclic amines) is 1. The van der Waals surface area contributed by atoms with Gasteiger partial charge in [-0.3, -0.25) is 0 Å². The minimum atomic E-state index is -0.424. The summed E-state index contributed by atoms with van der Waals surface area (Å²) in [6.45, 7) is 7.22. The van der Waals surface area contributed by atoms with Gasteiger partial charge >= 0.3 is 6.09 Å². The molecule has 0 aromatic heterocycles. The van der Waals surface area contributed by atoms with Crippen molar-refractivity contribution >= 4 is 6.09 Å². The van der Waals surface area contributed by atoms with Crippen LogP contribution in [-0.4, -0.2) is 40.9 Å². The molecular formula is C17H31NO3. The Morgan fingerprint density at radius 3 is 2.29 bits per heavy atom. The van der Waals surface area contributed by atoms with E-state index in [4.69, 9.17) is 4.74 Å². The van der Waals surface area contributed by atoms with Crippen molar-refractivity contribution in [2.24, 2.45) is 11.8 Å². The zero-order chi connectivity index (χ0) is 15.5. The minimum Gasteiger partial charge on any atom is -0.444 e. The van der Waals surface area contributed by atoms with Gasteiger partial charge in [-0.2, -0.15) is 0 Å². The molecule has 1 N–H and O–H groups in total. The summed E-state index contributed by atoms with van der Waals surface area (Å²) in [5.41, 5.74) is -0.424. The Morgan fingerprint density at radius 2 is 1.76 bits per heavy atom. The highest BCUT2D eigenvalue weighted by Gasteiger charge is 2.30. The van der Waals surface area contributed by atoms with Crippen molar-refractivity contribution in [3.8, 4) is 0 Å². The van der Waals surface area contributed by atoms with Gasteiger partial charge in [0.2, 0.25) is 0 Å². The molecule has 1 heterocycles. The van der Waals surface area contributed by atoms with Gasteiger partial charge in [0.1, 0.15) is 5.60 Å². The monoisotopic (exact) mass is 297 g/mol. The molecule has 2 rings (SSSR count). The number of carbonyl (C=O) groups is 1. The molecule has 1 saturated carbocycles. The van der Waals surface area contributed by atoms with Crippen molar-refractivity contribution < 1.29 is 14.6 Å². The van der Waals surface area contributed by atoms with Crippen LogP contribution in [0.25, 0.3) is 0 Å². The van der Waals surface area contributed by atoms with Gasteiger partial charge in [-0.15, -0.1) is 0 Å². The largest absolute Gasteiger partial charge is 0.444 e. The summed E-state index contributed by atoms with van der Waals surface area (Å²) >= 11 is 0. The fraction of sp³-hybridized carbons (Fsp3) is 0.941. The molecule has 1 atom stereocenters. The highest BCUT2D eigenvalue weighted by Crippen LogP contribution is 2.32. The SMILES string of the molecule is CC(C)(C)OC(=O)N1CCC(CC(O)C2CCCC2)CC1. The van der Waals surface area contributed by atoms with Crippen molar-refractivity contribution in [2.75, 3.05) is 13.1 Å². The van der Waals surface area contributed by atoms with E-state index < -0.39 is 5.60 Å². The number of aliphatic hydroxyl groups excluding tert-OH is 1. The topological polar surface area (TPSA) is 49.8 Å². The summed E-state index contributed by atoms with van der Waals surface area (Å²) in [7, 11) is 0. The molecule has 2 fully saturated rings. The second kappa shape index (κ2) is 6.99. The lowest BCUT2D eigenvalue weighted by Gasteiger charge is -2.34. The molecule has 0 bridgehead atoms. The maximum Gasteiger partial charge on any atom is 0.410 e. The van der Waals surface area contributed by atoms with E-state index >= 15 is 0 Å². The van der Waals surface area contributed by atoms with E-state index in [0.29, 0.717) is 11.8 Å². The van der Waals surface area contributed by atoms with Gasteiger partial charge < -0.3 is 14.7 Å². The fourth-order valence-electron chi connectivity index (χ4n) is 3.55. The Balaban J connectivity index is 1.71. The standard InChI is InChI=1S/C17H31NO3/c1-17(2,3)21-16(20)18-10-8-13(9-11-18)12-15(19)14-6-4-5-7-14/h13-15,19H,4-12H2,1-3H3. The second-order valence-corrected chi connectivity index (χ2v) is 7.76. The minimum absolute atomic E-state index is 0.134. The van der Waals surface area contributed by atoms with Crippen LogP contribution in [0.2, 0.25) is 0 Å². The van der Waals surface area contributed by atoms with Gasteiger partial charge in [-0.05, 0) is 64.7 Å². The number of amides is 1. The average molecular weight is 297 g/mol. The van der Waals surface area contributed by atoms with Crippen LogP contribution in [0.15, 0.2) is 0 Å². The summed E-state index contributed by atoms with van der Waals surface area (Å²) < 4.78 is 5.41. The van der Waals surface area contributed by atoms with Gasteiger partial charge in [0.25, 0.3) is 0 Å². The Hall–Kier alpha value is -0.770. The molecule has 2 aliphatic rings. The number of rotatable bonds is 3. The number of nitrogens with zero attached hydrogens (tertiary/aromatic N) is 1. The van der Waals surface area contributed by atoms with Crippen molar-refractivity contribution in [1.29, 1.82) is 0 Å². The summed E-state index contributed by atoms with van der Waals surface area (Å²) in [5.74, 6) is 1.08. The van der Waals surface area contributed by atoms with E-state index in [9.17, 15) is 9.90 Å². The highest BCUT2D eigenvalue weighted by molar-refractivity contribution is 5.68. The molecule has 1 amide bonds. The third-order valence-electron chi connectivity index (χ3n) is 4.79. The van der Waals surface area contributed by atoms with Crippen LogP contribution in [0.3, 0.4) is 0 Å². The lowest BCUT2D eigenvalue weighted by atomic mass is 9.86. The summed E-state index contributed by atoms with van der Waals surface area (Å²) in [5, 5.41) is 10.3. The fourth-order valence-corrected chi connectivity index (χ4v) is 3.55. The van der Waals surface area contributed by atoms with Crippen LogP contribution in [0, 0.1) is 11.8 Å². The van der Waals surface area contributed by atoms with Crippen LogP contribution in [0.5, 0.6) is 0 Å². The zero-order valence-electron chi connectivity index (χ0n) is 13.8. The van der Waals surface area contributed by atoms with E-state index in [2.05, 4.69) is 0 Å². The van der Waals surface area contributed by atoms with Gasteiger partial charge in [-0.25, -0.2) is 4.79 Å². The second-order valence-electron chi connectivity index (χ2n) is 7.76. The maximum absolute atomic E-state index is 12.0. The third-order valence-corrected chi connectivity index (χ3v) is 4.79. The molecule has 21 heavy (non-hydrogen) atoms. The normalized spacial score (nSPS) is 23.3. The number of hydrogen-bond acceptors (Lipinski definition) is 3. The van der Waals surface area contributed by atoms with Crippen molar-refractivity contribution in [1.82, 2.24) is 4.90 Å². The third kappa shape index (κ3) is 5.17. The molecular weight excluding hydrogens is 266 g/mol. The van der Waals surface area contributed by atoms with Gasteiger partial charge in [-0.1, -0.05) is 12.8 Å². The molecule has 1 unspecified atom stereocenters. The molecule has 0 spiro atoms. The summed E-state index contributed by atoms with van der Waals surface area (Å²) in [6.07, 6.45) is 7.50. The molecule has 4 heteroatoms. The van der Waals surface area contributed by atoms with E-state index in [1.165, 1.54) is 25.7 Å². The van der Waals surface area contributed by atoms with Crippen LogP contribution in [-0.2, 0) is 4.74 Å². The van der Waals surface area contributed by atoms with Crippen molar-refractivity contribution in [3.05, 3.63) is 0 Å². The lowest BCUT2D eigenvalue weighted by molar-refractivity contribution is 0.0141. The van der Waals surface area contributed by atoms with E-state index in [-0.39, 0.29) is 12.2 Å². The Bertz CT molecular complexity index is 336. The predicted octanol–water partition coefficient (Wildman–Crippen LogP) is 3.57. The van der Waals surface area contributed by atoms with Crippen molar-refractivity contribution in [3.63, 3.8) is 0 Å². The number of hydrogen-bond donors (Lipinski definition) is 1. The smallest absolute Gasteiger partial charge is 0.410 e. The molecule has 0 aromatic carbocycles. The van der Waals surface area contributed by atoms with Gasteiger partial charge in [0, 0.05) is 13.1 Å². The van der Waals surface area contributed by atoms with Crippen LogP contribution in [0.1, 0.15) is 65.7 Å². The van der Waals surface area contributed by atoms with E-state index in [0.717, 1.165) is 32.4 Å². The maximum atomic E-state index is 12.0. The molecule has 0 radical (unpaired) electrons. The number of ether oxygens (including phenoxy) is 1. The first-order valence-electron chi connectivity index (χ1n) is 8.51. The number of aliphatic hydroxyl groups is 1. The van der Waals surface area contributed by atoms with Crippen LogP contribution < -0.4 is 0 Å². The number of piperidine rings is 1. The Labute approximate surface area is 128 Å². The van der Waals surface area contributed by atoms with Gasteiger partial charge in [0.15, 0.2) is 0 Å². The van der Waals surface area contributed by atoms with Crippen molar-refractivity contribution in [2.45, 2.75) is 77.4 Å². The first kappa shape index (κ1) is 16.6. The number of carbonyl (C=O) groups excluding carboxylic acids is 1. The molecule has 1 aliphatic carbocycles. The lowest BCUT2D eigenvalue weighted by Crippen LogP contribution is -2.42. The predicted molar refractivity (Wildman–Crippen MR) is 83.1 cm³/mol. The average Bonchev–Trinajstić information content (AvgIpc) is 2.91. The van der Waals surface area contributed by atoms with E-state index in [1.807, 2.05) is 25.7 Å². The molecule has 4 nitrogen and oxygen atoms in total. The van der Waals surface area contributed by atoms with Gasteiger partial charge in [0.05, 0.1) is 6.10 Å².